The van der Waals surface area contributed by atoms with E-state index in [1.807, 2.05) is 0 Å². The molecule has 5 nitrogen and oxygen atoms in total. The van der Waals surface area contributed by atoms with Crippen molar-refractivity contribution in [3.05, 3.63) is 70.3 Å². The average Bonchev–Trinajstić information content (AvgIpc) is 2.55. The third-order valence-electron chi connectivity index (χ3n) is 3.39. The molecular formula is C16H10F3N3O2. The third-order valence-corrected chi connectivity index (χ3v) is 3.39. The van der Waals surface area contributed by atoms with Gasteiger partial charge in [-0.3, -0.25) is 14.6 Å². The first-order valence-electron chi connectivity index (χ1n) is 6.80. The minimum absolute atomic E-state index is 0.00498. The quantitative estimate of drug-likeness (QED) is 0.756. The number of aromatic nitrogens is 2. The zero-order valence-electron chi connectivity index (χ0n) is 12.0. The van der Waals surface area contributed by atoms with E-state index in [1.54, 1.807) is 12.1 Å². The second kappa shape index (κ2) is 5.80. The topological polar surface area (TPSA) is 74.8 Å². The van der Waals surface area contributed by atoms with E-state index in [9.17, 15) is 22.8 Å². The fourth-order valence-electron chi connectivity index (χ4n) is 2.20. The number of anilines is 1. The average molecular weight is 333 g/mol. The van der Waals surface area contributed by atoms with Gasteiger partial charge in [-0.15, -0.1) is 0 Å². The lowest BCUT2D eigenvalue weighted by molar-refractivity contribution is -0.137. The number of benzene rings is 1. The van der Waals surface area contributed by atoms with E-state index in [1.165, 1.54) is 12.4 Å². The lowest BCUT2D eigenvalue weighted by atomic mass is 10.1. The molecule has 24 heavy (non-hydrogen) atoms. The molecule has 0 spiro atoms. The Morgan fingerprint density at radius 2 is 1.83 bits per heavy atom. The summed E-state index contributed by atoms with van der Waals surface area (Å²) in [5, 5.41) is 2.53. The van der Waals surface area contributed by atoms with Crippen LogP contribution in [0.15, 0.2) is 53.7 Å². The molecule has 2 heterocycles. The summed E-state index contributed by atoms with van der Waals surface area (Å²) < 4.78 is 38.1. The van der Waals surface area contributed by atoms with Gasteiger partial charge >= 0.3 is 6.18 Å². The van der Waals surface area contributed by atoms with Gasteiger partial charge in [-0.25, -0.2) is 0 Å². The number of hydrogen-bond acceptors (Lipinski definition) is 3. The summed E-state index contributed by atoms with van der Waals surface area (Å²) in [6.07, 6.45) is -0.471. The van der Waals surface area contributed by atoms with Gasteiger partial charge in [0, 0.05) is 35.2 Å². The number of carbonyl (C=O) groups is 1. The highest BCUT2D eigenvalue weighted by Crippen LogP contribution is 2.30. The van der Waals surface area contributed by atoms with Crippen LogP contribution in [0.4, 0.5) is 18.9 Å². The van der Waals surface area contributed by atoms with Gasteiger partial charge in [0.2, 0.25) is 5.43 Å². The molecule has 0 fully saturated rings. The Morgan fingerprint density at radius 1 is 1.12 bits per heavy atom. The third kappa shape index (κ3) is 2.98. The van der Waals surface area contributed by atoms with Crippen LogP contribution in [0.3, 0.4) is 0 Å². The predicted octanol–water partition coefficient (Wildman–Crippen LogP) is 3.19. The smallest absolute Gasteiger partial charge is 0.360 e. The van der Waals surface area contributed by atoms with Crippen molar-refractivity contribution >= 4 is 22.5 Å². The lowest BCUT2D eigenvalue weighted by Crippen LogP contribution is -2.22. The normalized spacial score (nSPS) is 11.5. The molecule has 0 radical (unpaired) electrons. The molecule has 0 atom stereocenters. The van der Waals surface area contributed by atoms with Crippen molar-refractivity contribution in [3.63, 3.8) is 0 Å². The molecule has 0 unspecified atom stereocenters. The van der Waals surface area contributed by atoms with Gasteiger partial charge in [0.1, 0.15) is 5.56 Å². The number of fused-ring (bicyclic) bond motifs is 1. The number of H-pyrrole nitrogens is 1. The second-order valence-electron chi connectivity index (χ2n) is 4.98. The minimum atomic E-state index is -4.51. The number of amides is 1. The molecule has 1 amide bonds. The van der Waals surface area contributed by atoms with E-state index in [-0.39, 0.29) is 16.5 Å². The maximum atomic E-state index is 12.7. The fraction of sp³-hybridized carbons (Fsp3) is 0.0625. The fourth-order valence-corrected chi connectivity index (χ4v) is 2.20. The van der Waals surface area contributed by atoms with Gasteiger partial charge in [-0.05, 0) is 30.3 Å². The second-order valence-corrected chi connectivity index (χ2v) is 4.98. The Labute approximate surface area is 133 Å². The summed E-state index contributed by atoms with van der Waals surface area (Å²) in [4.78, 5) is 30.9. The van der Waals surface area contributed by atoms with Crippen LogP contribution in [0.25, 0.3) is 10.9 Å². The number of pyridine rings is 2. The van der Waals surface area contributed by atoms with E-state index in [0.717, 1.165) is 24.4 Å². The van der Waals surface area contributed by atoms with Crippen molar-refractivity contribution < 1.29 is 18.0 Å². The van der Waals surface area contributed by atoms with E-state index in [4.69, 9.17) is 0 Å². The van der Waals surface area contributed by atoms with E-state index < -0.39 is 23.1 Å². The van der Waals surface area contributed by atoms with Crippen molar-refractivity contribution in [2.75, 3.05) is 5.32 Å². The van der Waals surface area contributed by atoms with Gasteiger partial charge in [-0.1, -0.05) is 0 Å². The molecule has 2 N–H and O–H groups in total. The summed E-state index contributed by atoms with van der Waals surface area (Å²) in [6.45, 7) is 0. The zero-order valence-corrected chi connectivity index (χ0v) is 12.0. The van der Waals surface area contributed by atoms with E-state index >= 15 is 0 Å². The maximum absolute atomic E-state index is 12.7. The molecular weight excluding hydrogens is 323 g/mol. The largest absolute Gasteiger partial charge is 0.416 e. The number of hydrogen-bond donors (Lipinski definition) is 2. The highest BCUT2D eigenvalue weighted by Gasteiger charge is 2.30. The first-order valence-corrected chi connectivity index (χ1v) is 6.80. The van der Waals surface area contributed by atoms with Crippen LogP contribution in [0.2, 0.25) is 0 Å². The van der Waals surface area contributed by atoms with Gasteiger partial charge in [0.15, 0.2) is 0 Å². The first kappa shape index (κ1) is 15.7. The van der Waals surface area contributed by atoms with Crippen molar-refractivity contribution in [1.29, 1.82) is 0 Å². The monoisotopic (exact) mass is 333 g/mol. The minimum Gasteiger partial charge on any atom is -0.360 e. The molecule has 0 bridgehead atoms. The van der Waals surface area contributed by atoms with Crippen molar-refractivity contribution in [2.45, 2.75) is 6.18 Å². The van der Waals surface area contributed by atoms with Crippen molar-refractivity contribution in [3.8, 4) is 0 Å². The van der Waals surface area contributed by atoms with E-state index in [2.05, 4.69) is 15.3 Å². The molecule has 122 valence electrons. The highest BCUT2D eigenvalue weighted by molar-refractivity contribution is 6.05. The summed E-state index contributed by atoms with van der Waals surface area (Å²) in [5.41, 5.74) is -1.26. The predicted molar refractivity (Wildman–Crippen MR) is 81.8 cm³/mol. The van der Waals surface area contributed by atoms with Gasteiger partial charge < -0.3 is 10.3 Å². The number of alkyl halides is 3. The summed E-state index contributed by atoms with van der Waals surface area (Å²) in [6, 6.07) is 5.79. The molecule has 3 aromatic rings. The molecule has 8 heteroatoms. The Balaban J connectivity index is 2.00. The van der Waals surface area contributed by atoms with Crippen LogP contribution in [0.1, 0.15) is 15.9 Å². The number of nitrogens with zero attached hydrogens (tertiary/aromatic N) is 1. The molecule has 0 aliphatic heterocycles. The summed E-state index contributed by atoms with van der Waals surface area (Å²) >= 11 is 0. The van der Waals surface area contributed by atoms with Crippen LogP contribution in [0, 0.1) is 0 Å². The zero-order chi connectivity index (χ0) is 17.3. The Morgan fingerprint density at radius 3 is 2.50 bits per heavy atom. The van der Waals surface area contributed by atoms with Crippen LogP contribution in [-0.2, 0) is 6.18 Å². The Bertz CT molecular complexity index is 966. The number of rotatable bonds is 2. The van der Waals surface area contributed by atoms with Crippen molar-refractivity contribution in [1.82, 2.24) is 9.97 Å². The van der Waals surface area contributed by atoms with Crippen LogP contribution in [0.5, 0.6) is 0 Å². The number of halogens is 3. The number of nitrogens with one attached hydrogen (secondary N) is 2. The summed E-state index contributed by atoms with van der Waals surface area (Å²) in [5.74, 6) is -0.663. The van der Waals surface area contributed by atoms with Gasteiger partial charge in [-0.2, -0.15) is 13.2 Å². The molecule has 0 saturated heterocycles. The van der Waals surface area contributed by atoms with Gasteiger partial charge in [0.05, 0.1) is 5.56 Å². The Kier molecular flexibility index (Phi) is 3.80. The standard InChI is InChI=1S/C16H10F3N3O2/c17-16(18,19)9-1-2-11-13(7-9)21-8-12(14(11)23)15(24)22-10-3-5-20-6-4-10/h1-8H,(H,21,23)(H,20,22,24). The Hall–Kier alpha value is -3.16. The molecule has 0 aliphatic rings. The van der Waals surface area contributed by atoms with Crippen LogP contribution >= 0.6 is 0 Å². The van der Waals surface area contributed by atoms with Crippen molar-refractivity contribution in [2.24, 2.45) is 0 Å². The SMILES string of the molecule is O=C(Nc1ccncc1)c1c[nH]c2cc(C(F)(F)F)ccc2c1=O. The lowest BCUT2D eigenvalue weighted by Gasteiger charge is -2.09. The highest BCUT2D eigenvalue weighted by atomic mass is 19.4. The number of carbonyl (C=O) groups excluding carboxylic acids is 1. The number of aromatic amines is 1. The molecule has 2 aromatic heterocycles. The molecule has 3 rings (SSSR count). The van der Waals surface area contributed by atoms with Crippen LogP contribution in [-0.4, -0.2) is 15.9 Å². The van der Waals surface area contributed by atoms with E-state index in [0.29, 0.717) is 5.69 Å². The van der Waals surface area contributed by atoms with Crippen LogP contribution < -0.4 is 10.7 Å². The molecule has 0 aliphatic carbocycles. The molecule has 0 saturated carbocycles. The maximum Gasteiger partial charge on any atom is 0.416 e. The summed E-state index contributed by atoms with van der Waals surface area (Å²) in [7, 11) is 0. The molecule has 1 aromatic carbocycles. The van der Waals surface area contributed by atoms with Gasteiger partial charge in [0.25, 0.3) is 5.91 Å². The first-order chi connectivity index (χ1) is 11.4.